The lowest BCUT2D eigenvalue weighted by Crippen LogP contribution is -2.01. The van der Waals surface area contributed by atoms with E-state index in [1.807, 2.05) is 6.92 Å². The molecule has 3 heteroatoms. The number of carbonyl (C=O) groups is 3. The first-order valence-electron chi connectivity index (χ1n) is 3.92. The number of carbonyl (C=O) groups excluding carboxylic acids is 3. The van der Waals surface area contributed by atoms with Crippen LogP contribution in [0.3, 0.4) is 0 Å². The number of ketones is 3. The number of hydrogen-bond donors (Lipinski definition) is 0. The molecule has 0 aliphatic heterocycles. The van der Waals surface area contributed by atoms with E-state index in [0.29, 0.717) is 0 Å². The Bertz CT molecular complexity index is 159. The summed E-state index contributed by atoms with van der Waals surface area (Å²) in [6.45, 7) is 6.12. The molecule has 70 valence electrons. The number of rotatable bonds is 3. The van der Waals surface area contributed by atoms with Crippen molar-refractivity contribution in [2.75, 3.05) is 0 Å². The molecule has 3 nitrogen and oxygen atoms in total. The van der Waals surface area contributed by atoms with E-state index in [9.17, 15) is 14.4 Å². The SMILES string of the molecule is CC(=O)C(C)=O.CCCC(C)=O. The van der Waals surface area contributed by atoms with E-state index >= 15 is 0 Å². The van der Waals surface area contributed by atoms with Crippen LogP contribution in [0.1, 0.15) is 40.5 Å². The second-order valence-corrected chi connectivity index (χ2v) is 2.56. The third kappa shape index (κ3) is 16.0. The highest BCUT2D eigenvalue weighted by molar-refractivity contribution is 6.35. The summed E-state index contributed by atoms with van der Waals surface area (Å²) < 4.78 is 0. The molecule has 0 spiro atoms. The van der Waals surface area contributed by atoms with Crippen molar-refractivity contribution in [3.63, 3.8) is 0 Å². The minimum absolute atomic E-state index is 0.289. The standard InChI is InChI=1S/C5H10O.C4H6O2/c1-3-4-5(2)6;1-3(5)4(2)6/h3-4H2,1-2H3;1-2H3. The Morgan fingerprint density at radius 3 is 1.25 bits per heavy atom. The quantitative estimate of drug-likeness (QED) is 0.607. The van der Waals surface area contributed by atoms with E-state index in [2.05, 4.69) is 0 Å². The summed E-state index contributed by atoms with van der Waals surface area (Å²) in [5.41, 5.74) is 0. The molecule has 0 aliphatic rings. The Balaban J connectivity index is 0. The fraction of sp³-hybridized carbons (Fsp3) is 0.667. The van der Waals surface area contributed by atoms with Gasteiger partial charge in [0.05, 0.1) is 0 Å². The van der Waals surface area contributed by atoms with Gasteiger partial charge >= 0.3 is 0 Å². The highest BCUT2D eigenvalue weighted by atomic mass is 16.2. The lowest BCUT2D eigenvalue weighted by molar-refractivity contribution is -0.134. The van der Waals surface area contributed by atoms with Gasteiger partial charge in [0.25, 0.3) is 0 Å². The molecule has 0 N–H and O–H groups in total. The fourth-order valence-electron chi connectivity index (χ4n) is 0.352. The Labute approximate surface area is 73.1 Å². The first kappa shape index (κ1) is 13.6. The van der Waals surface area contributed by atoms with Crippen LogP contribution in [0.5, 0.6) is 0 Å². The molecule has 0 fully saturated rings. The van der Waals surface area contributed by atoms with E-state index < -0.39 is 0 Å². The molecular formula is C9H16O3. The molecule has 0 aromatic carbocycles. The van der Waals surface area contributed by atoms with Crippen molar-refractivity contribution < 1.29 is 14.4 Å². The van der Waals surface area contributed by atoms with Gasteiger partial charge in [-0.15, -0.1) is 0 Å². The molecule has 0 amide bonds. The smallest absolute Gasteiger partial charge is 0.195 e. The minimum atomic E-state index is -0.380. The Hall–Kier alpha value is -0.990. The Kier molecular flexibility index (Phi) is 9.18. The molecule has 0 saturated carbocycles. The summed E-state index contributed by atoms with van der Waals surface area (Å²) >= 11 is 0. The van der Waals surface area contributed by atoms with Gasteiger partial charge in [0.15, 0.2) is 11.6 Å². The van der Waals surface area contributed by atoms with Crippen molar-refractivity contribution in [1.29, 1.82) is 0 Å². The van der Waals surface area contributed by atoms with Crippen LogP contribution in [-0.4, -0.2) is 17.3 Å². The molecule has 0 rings (SSSR count). The normalized spacial score (nSPS) is 8.00. The third-order valence-corrected chi connectivity index (χ3v) is 1.10. The summed E-state index contributed by atoms with van der Waals surface area (Å²) in [7, 11) is 0. The molecule has 0 aromatic heterocycles. The highest BCUT2D eigenvalue weighted by Crippen LogP contribution is 1.84. The summed E-state index contributed by atoms with van der Waals surface area (Å²) in [5, 5.41) is 0. The van der Waals surface area contributed by atoms with Gasteiger partial charge in [-0.2, -0.15) is 0 Å². The maximum absolute atomic E-state index is 10.0. The largest absolute Gasteiger partial charge is 0.300 e. The van der Waals surface area contributed by atoms with Gasteiger partial charge in [-0.05, 0) is 13.3 Å². The van der Waals surface area contributed by atoms with Crippen molar-refractivity contribution in [2.45, 2.75) is 40.5 Å². The lowest BCUT2D eigenvalue weighted by Gasteiger charge is -1.80. The predicted octanol–water partition coefficient (Wildman–Crippen LogP) is 1.54. The van der Waals surface area contributed by atoms with Crippen LogP contribution < -0.4 is 0 Å². The summed E-state index contributed by atoms with van der Waals surface area (Å²) in [6, 6.07) is 0. The highest BCUT2D eigenvalue weighted by Gasteiger charge is 1.94. The van der Waals surface area contributed by atoms with Crippen molar-refractivity contribution in [1.82, 2.24) is 0 Å². The third-order valence-electron chi connectivity index (χ3n) is 1.10. The molecule has 0 atom stereocenters. The van der Waals surface area contributed by atoms with Crippen LogP contribution in [-0.2, 0) is 14.4 Å². The van der Waals surface area contributed by atoms with Gasteiger partial charge in [0, 0.05) is 20.3 Å². The van der Waals surface area contributed by atoms with Crippen LogP contribution in [0.15, 0.2) is 0 Å². The average molecular weight is 172 g/mol. The zero-order chi connectivity index (χ0) is 10.1. The van der Waals surface area contributed by atoms with Crippen LogP contribution in [0.4, 0.5) is 0 Å². The summed E-state index contributed by atoms with van der Waals surface area (Å²) in [4.78, 5) is 29.6. The minimum Gasteiger partial charge on any atom is -0.300 e. The zero-order valence-corrected chi connectivity index (χ0v) is 8.14. The zero-order valence-electron chi connectivity index (χ0n) is 8.14. The van der Waals surface area contributed by atoms with E-state index in [-0.39, 0.29) is 17.3 Å². The molecular weight excluding hydrogens is 156 g/mol. The van der Waals surface area contributed by atoms with Gasteiger partial charge < -0.3 is 4.79 Å². The Morgan fingerprint density at radius 1 is 0.917 bits per heavy atom. The summed E-state index contributed by atoms with van der Waals surface area (Å²) in [6.07, 6.45) is 1.72. The predicted molar refractivity (Wildman–Crippen MR) is 47.0 cm³/mol. The van der Waals surface area contributed by atoms with Gasteiger partial charge in [-0.3, -0.25) is 9.59 Å². The molecule has 0 unspecified atom stereocenters. The molecule has 0 bridgehead atoms. The Morgan fingerprint density at radius 2 is 1.25 bits per heavy atom. The molecule has 0 radical (unpaired) electrons. The summed E-state index contributed by atoms with van der Waals surface area (Å²) in [5.74, 6) is -0.470. The van der Waals surface area contributed by atoms with Gasteiger partial charge in [-0.25, -0.2) is 0 Å². The van der Waals surface area contributed by atoms with Crippen LogP contribution in [0, 0.1) is 0 Å². The van der Waals surface area contributed by atoms with Crippen LogP contribution >= 0.6 is 0 Å². The van der Waals surface area contributed by atoms with Gasteiger partial charge in [-0.1, -0.05) is 6.92 Å². The van der Waals surface area contributed by atoms with Crippen LogP contribution in [0.2, 0.25) is 0 Å². The number of Topliss-reactive ketones (excluding diaryl/α,β-unsaturated/α-hetero) is 3. The molecule has 0 aliphatic carbocycles. The van der Waals surface area contributed by atoms with Crippen molar-refractivity contribution in [3.05, 3.63) is 0 Å². The maximum atomic E-state index is 10.0. The van der Waals surface area contributed by atoms with Crippen molar-refractivity contribution in [3.8, 4) is 0 Å². The maximum Gasteiger partial charge on any atom is 0.195 e. The van der Waals surface area contributed by atoms with E-state index in [1.165, 1.54) is 13.8 Å². The lowest BCUT2D eigenvalue weighted by atomic mass is 10.3. The number of hydrogen-bond acceptors (Lipinski definition) is 3. The van der Waals surface area contributed by atoms with Crippen molar-refractivity contribution >= 4 is 17.3 Å². The van der Waals surface area contributed by atoms with E-state index in [1.54, 1.807) is 6.92 Å². The van der Waals surface area contributed by atoms with Gasteiger partial charge in [0.1, 0.15) is 5.78 Å². The molecule has 0 heterocycles. The second-order valence-electron chi connectivity index (χ2n) is 2.56. The first-order valence-corrected chi connectivity index (χ1v) is 3.92. The van der Waals surface area contributed by atoms with E-state index in [0.717, 1.165) is 12.8 Å². The van der Waals surface area contributed by atoms with Crippen molar-refractivity contribution in [2.24, 2.45) is 0 Å². The molecule has 0 aromatic rings. The molecule has 12 heavy (non-hydrogen) atoms. The van der Waals surface area contributed by atoms with E-state index in [4.69, 9.17) is 0 Å². The van der Waals surface area contributed by atoms with Gasteiger partial charge in [0.2, 0.25) is 0 Å². The molecule has 0 saturated heterocycles. The second kappa shape index (κ2) is 8.11. The first-order chi connectivity index (χ1) is 5.41. The monoisotopic (exact) mass is 172 g/mol. The average Bonchev–Trinajstić information content (AvgIpc) is 1.87. The fourth-order valence-corrected chi connectivity index (χ4v) is 0.352. The van der Waals surface area contributed by atoms with Crippen LogP contribution in [0.25, 0.3) is 0 Å². The topological polar surface area (TPSA) is 51.2 Å².